The number of carbonyl (C=O) groups excluding carboxylic acids is 1. The van der Waals surface area contributed by atoms with Gasteiger partial charge in [-0.15, -0.1) is 0 Å². The van der Waals surface area contributed by atoms with Gasteiger partial charge in [0.2, 0.25) is 5.91 Å². The second kappa shape index (κ2) is 8.18. The fraction of sp³-hybridized carbons (Fsp3) is 0.950. The summed E-state index contributed by atoms with van der Waals surface area (Å²) in [6, 6.07) is 0.823. The van der Waals surface area contributed by atoms with Crippen molar-refractivity contribution in [3.63, 3.8) is 0 Å². The molecule has 138 valence electrons. The van der Waals surface area contributed by atoms with E-state index in [1.807, 2.05) is 0 Å². The number of carbonyl (C=O) groups is 1. The van der Waals surface area contributed by atoms with Gasteiger partial charge in [0.05, 0.1) is 6.04 Å². The lowest BCUT2D eigenvalue weighted by atomic mass is 9.91. The zero-order valence-electron chi connectivity index (χ0n) is 16.0. The van der Waals surface area contributed by atoms with Crippen molar-refractivity contribution in [2.75, 3.05) is 39.3 Å². The molecule has 0 unspecified atom stereocenters. The number of hydrogen-bond acceptors (Lipinski definition) is 3. The van der Waals surface area contributed by atoms with Crippen LogP contribution in [0.4, 0.5) is 0 Å². The SMILES string of the molecule is C[C@@H]1C[C@H](C)CN(C(=O)[C@H](C)N2CCC(N3CCCCC3)CC2)C1. The monoisotopic (exact) mass is 335 g/mol. The van der Waals surface area contributed by atoms with Gasteiger partial charge in [0, 0.05) is 32.2 Å². The summed E-state index contributed by atoms with van der Waals surface area (Å²) in [4.78, 5) is 20.2. The largest absolute Gasteiger partial charge is 0.341 e. The maximum atomic E-state index is 12.9. The molecule has 0 saturated carbocycles. The van der Waals surface area contributed by atoms with Crippen molar-refractivity contribution in [1.29, 1.82) is 0 Å². The van der Waals surface area contributed by atoms with Gasteiger partial charge in [-0.2, -0.15) is 0 Å². The van der Waals surface area contributed by atoms with Crippen LogP contribution in [0.25, 0.3) is 0 Å². The third kappa shape index (κ3) is 4.32. The molecule has 0 aliphatic carbocycles. The number of rotatable bonds is 3. The van der Waals surface area contributed by atoms with Gasteiger partial charge in [-0.05, 0) is 64.0 Å². The Bertz CT molecular complexity index is 403. The Kier molecular flexibility index (Phi) is 6.20. The van der Waals surface area contributed by atoms with Crippen LogP contribution < -0.4 is 0 Å². The molecule has 3 saturated heterocycles. The molecule has 0 radical (unpaired) electrons. The number of hydrogen-bond donors (Lipinski definition) is 0. The van der Waals surface area contributed by atoms with E-state index in [0.29, 0.717) is 17.7 Å². The summed E-state index contributed by atoms with van der Waals surface area (Å²) in [5, 5.41) is 0. The first kappa shape index (κ1) is 18.2. The molecule has 0 aromatic rings. The van der Waals surface area contributed by atoms with Crippen LogP contribution in [-0.2, 0) is 4.79 Å². The minimum absolute atomic E-state index is 0.0600. The van der Waals surface area contributed by atoms with Crippen LogP contribution in [0.2, 0.25) is 0 Å². The van der Waals surface area contributed by atoms with Crippen molar-refractivity contribution in [3.8, 4) is 0 Å². The summed E-state index contributed by atoms with van der Waals surface area (Å²) in [5.74, 6) is 1.66. The summed E-state index contributed by atoms with van der Waals surface area (Å²) < 4.78 is 0. The van der Waals surface area contributed by atoms with Gasteiger partial charge in [-0.25, -0.2) is 0 Å². The topological polar surface area (TPSA) is 26.8 Å². The third-order valence-electron chi connectivity index (χ3n) is 6.49. The standard InChI is InChI=1S/C20H37N3O/c1-16-13-17(2)15-23(14-16)20(24)18(3)21-11-7-19(8-12-21)22-9-5-4-6-10-22/h16-19H,4-15H2,1-3H3/t16-,17+,18-/m0/s1. The molecule has 3 fully saturated rings. The maximum absolute atomic E-state index is 12.9. The highest BCUT2D eigenvalue weighted by Crippen LogP contribution is 2.25. The van der Waals surface area contributed by atoms with Gasteiger partial charge in [0.25, 0.3) is 0 Å². The average Bonchev–Trinajstić information content (AvgIpc) is 2.60. The van der Waals surface area contributed by atoms with Gasteiger partial charge in [0.15, 0.2) is 0 Å². The molecule has 4 nitrogen and oxygen atoms in total. The Balaban J connectivity index is 1.49. The van der Waals surface area contributed by atoms with Crippen molar-refractivity contribution in [1.82, 2.24) is 14.7 Å². The first-order valence-corrected chi connectivity index (χ1v) is 10.3. The molecule has 0 bridgehead atoms. The van der Waals surface area contributed by atoms with Crippen LogP contribution in [0, 0.1) is 11.8 Å². The number of amides is 1. The zero-order chi connectivity index (χ0) is 17.1. The summed E-state index contributed by atoms with van der Waals surface area (Å²) in [6.07, 6.45) is 7.91. The molecule has 3 heterocycles. The molecule has 3 aliphatic rings. The van der Waals surface area contributed by atoms with Gasteiger partial charge in [-0.1, -0.05) is 20.3 Å². The van der Waals surface area contributed by atoms with Crippen molar-refractivity contribution >= 4 is 5.91 Å². The quantitative estimate of drug-likeness (QED) is 0.793. The lowest BCUT2D eigenvalue weighted by Gasteiger charge is -2.43. The molecule has 0 spiro atoms. The van der Waals surface area contributed by atoms with Crippen LogP contribution in [0.5, 0.6) is 0 Å². The van der Waals surface area contributed by atoms with Crippen LogP contribution in [0.15, 0.2) is 0 Å². The molecule has 4 heteroatoms. The second-order valence-electron chi connectivity index (χ2n) is 8.73. The number of nitrogens with zero attached hydrogens (tertiary/aromatic N) is 3. The summed E-state index contributed by atoms with van der Waals surface area (Å²) in [5.41, 5.74) is 0. The van der Waals surface area contributed by atoms with Crippen molar-refractivity contribution in [3.05, 3.63) is 0 Å². The summed E-state index contributed by atoms with van der Waals surface area (Å²) in [6.45, 7) is 13.4. The number of piperidine rings is 3. The molecule has 3 rings (SSSR count). The van der Waals surface area contributed by atoms with Crippen LogP contribution in [0.3, 0.4) is 0 Å². The van der Waals surface area contributed by atoms with E-state index in [2.05, 4.69) is 35.5 Å². The van der Waals surface area contributed by atoms with E-state index in [-0.39, 0.29) is 6.04 Å². The van der Waals surface area contributed by atoms with E-state index in [4.69, 9.17) is 0 Å². The van der Waals surface area contributed by atoms with Gasteiger partial charge < -0.3 is 9.80 Å². The van der Waals surface area contributed by atoms with E-state index in [9.17, 15) is 4.79 Å². The normalized spacial score (nSPS) is 32.7. The highest BCUT2D eigenvalue weighted by atomic mass is 16.2. The van der Waals surface area contributed by atoms with E-state index >= 15 is 0 Å². The Labute approximate surface area is 148 Å². The van der Waals surface area contributed by atoms with E-state index < -0.39 is 0 Å². The fourth-order valence-corrected chi connectivity index (χ4v) is 5.19. The highest BCUT2D eigenvalue weighted by Gasteiger charge is 2.33. The Morgan fingerprint density at radius 2 is 1.50 bits per heavy atom. The highest BCUT2D eigenvalue weighted by molar-refractivity contribution is 5.81. The minimum Gasteiger partial charge on any atom is -0.341 e. The lowest BCUT2D eigenvalue weighted by Crippen LogP contribution is -2.54. The van der Waals surface area contributed by atoms with Crippen LogP contribution in [0.1, 0.15) is 59.3 Å². The molecule has 24 heavy (non-hydrogen) atoms. The first-order chi connectivity index (χ1) is 11.5. The lowest BCUT2D eigenvalue weighted by molar-refractivity contribution is -0.139. The molecular formula is C20H37N3O. The first-order valence-electron chi connectivity index (χ1n) is 10.3. The van der Waals surface area contributed by atoms with E-state index in [1.54, 1.807) is 0 Å². The van der Waals surface area contributed by atoms with Crippen LogP contribution in [-0.4, -0.2) is 72.0 Å². The Hall–Kier alpha value is -0.610. The fourth-order valence-electron chi connectivity index (χ4n) is 5.19. The molecule has 1 amide bonds. The second-order valence-corrected chi connectivity index (χ2v) is 8.73. The van der Waals surface area contributed by atoms with E-state index in [1.165, 1.54) is 51.6 Å². The predicted octanol–water partition coefficient (Wildman–Crippen LogP) is 2.83. The van der Waals surface area contributed by atoms with Crippen molar-refractivity contribution in [2.45, 2.75) is 71.4 Å². The van der Waals surface area contributed by atoms with Gasteiger partial charge in [-0.3, -0.25) is 9.69 Å². The minimum atomic E-state index is 0.0600. The molecule has 0 N–H and O–H groups in total. The molecular weight excluding hydrogens is 298 g/mol. The van der Waals surface area contributed by atoms with Crippen LogP contribution >= 0.6 is 0 Å². The smallest absolute Gasteiger partial charge is 0.239 e. The van der Waals surface area contributed by atoms with Gasteiger partial charge >= 0.3 is 0 Å². The van der Waals surface area contributed by atoms with E-state index in [0.717, 1.165) is 32.2 Å². The summed E-state index contributed by atoms with van der Waals surface area (Å²) in [7, 11) is 0. The molecule has 0 aromatic carbocycles. The molecule has 3 atom stereocenters. The Morgan fingerprint density at radius 3 is 2.08 bits per heavy atom. The Morgan fingerprint density at radius 1 is 0.917 bits per heavy atom. The summed E-state index contributed by atoms with van der Waals surface area (Å²) >= 11 is 0. The third-order valence-corrected chi connectivity index (χ3v) is 6.49. The predicted molar refractivity (Wildman–Crippen MR) is 99.0 cm³/mol. The van der Waals surface area contributed by atoms with Crippen molar-refractivity contribution < 1.29 is 4.79 Å². The molecule has 3 aliphatic heterocycles. The van der Waals surface area contributed by atoms with Crippen molar-refractivity contribution in [2.24, 2.45) is 11.8 Å². The maximum Gasteiger partial charge on any atom is 0.239 e. The average molecular weight is 336 g/mol. The van der Waals surface area contributed by atoms with Gasteiger partial charge in [0.1, 0.15) is 0 Å². The number of likely N-dealkylation sites (tertiary alicyclic amines) is 3. The zero-order valence-corrected chi connectivity index (χ0v) is 16.0. The molecule has 0 aromatic heterocycles.